The molecule has 90 valence electrons. The molecule has 0 N–H and O–H groups in total. The predicted octanol–water partition coefficient (Wildman–Crippen LogP) is 3.92. The Balaban J connectivity index is 2.81. The van der Waals surface area contributed by atoms with E-state index in [0.717, 1.165) is 4.90 Å². The number of hydrogen-bond acceptors (Lipinski definition) is 3. The highest BCUT2D eigenvalue weighted by atomic mass is 32.2. The molecule has 1 atom stereocenters. The van der Waals surface area contributed by atoms with Gasteiger partial charge in [-0.05, 0) is 18.6 Å². The van der Waals surface area contributed by atoms with Crippen LogP contribution in [0.4, 0.5) is 0 Å². The summed E-state index contributed by atoms with van der Waals surface area (Å²) >= 11 is 1.76. The Morgan fingerprint density at radius 1 is 1.35 bits per heavy atom. The highest BCUT2D eigenvalue weighted by Crippen LogP contribution is 2.23. The number of rotatable bonds is 5. The molecular weight excluding hydrogens is 230 g/mol. The molecule has 1 unspecified atom stereocenters. The Morgan fingerprint density at radius 2 is 1.94 bits per heavy atom. The van der Waals surface area contributed by atoms with Crippen LogP contribution in [0.15, 0.2) is 29.2 Å². The summed E-state index contributed by atoms with van der Waals surface area (Å²) in [5.74, 6) is -0.588. The van der Waals surface area contributed by atoms with Gasteiger partial charge in [-0.1, -0.05) is 32.9 Å². The molecule has 3 heteroatoms. The van der Waals surface area contributed by atoms with Crippen LogP contribution in [0, 0.1) is 17.2 Å². The van der Waals surface area contributed by atoms with Crippen molar-refractivity contribution < 1.29 is 4.79 Å². The minimum absolute atomic E-state index is 0.0731. The molecule has 1 rings (SSSR count). The number of thioether (sulfide) groups is 1. The first-order valence-electron chi connectivity index (χ1n) is 5.79. The second-order valence-corrected chi connectivity index (χ2v) is 5.80. The Hall–Kier alpha value is -1.27. The van der Waals surface area contributed by atoms with Crippen molar-refractivity contribution in [2.24, 2.45) is 5.92 Å². The van der Waals surface area contributed by atoms with Gasteiger partial charge in [-0.15, -0.1) is 11.8 Å². The van der Waals surface area contributed by atoms with E-state index in [1.807, 2.05) is 37.3 Å². The maximum Gasteiger partial charge on any atom is 0.179 e. The Morgan fingerprint density at radius 3 is 2.35 bits per heavy atom. The maximum absolute atomic E-state index is 11.9. The van der Waals surface area contributed by atoms with Crippen LogP contribution in [0.2, 0.25) is 0 Å². The van der Waals surface area contributed by atoms with Crippen LogP contribution in [-0.2, 0) is 0 Å². The lowest BCUT2D eigenvalue weighted by molar-refractivity contribution is 0.0946. The molecule has 0 aliphatic carbocycles. The number of benzene rings is 1. The Bertz CT molecular complexity index is 417. The lowest BCUT2D eigenvalue weighted by Gasteiger charge is -2.07. The summed E-state index contributed by atoms with van der Waals surface area (Å²) in [7, 11) is 0. The molecule has 0 bridgehead atoms. The van der Waals surface area contributed by atoms with E-state index in [-0.39, 0.29) is 5.78 Å². The van der Waals surface area contributed by atoms with Crippen LogP contribution in [0.25, 0.3) is 0 Å². The molecule has 0 saturated heterocycles. The molecule has 0 radical (unpaired) electrons. The third-order valence-corrected chi connectivity index (χ3v) is 3.41. The number of ketones is 1. The number of nitriles is 1. The van der Waals surface area contributed by atoms with Gasteiger partial charge < -0.3 is 0 Å². The van der Waals surface area contributed by atoms with Gasteiger partial charge in [0.2, 0.25) is 0 Å². The molecule has 0 spiro atoms. The lowest BCUT2D eigenvalue weighted by Crippen LogP contribution is -2.11. The van der Waals surface area contributed by atoms with E-state index in [2.05, 4.69) is 13.8 Å². The van der Waals surface area contributed by atoms with Gasteiger partial charge >= 0.3 is 0 Å². The molecule has 0 aliphatic rings. The molecular formula is C14H17NOS. The zero-order valence-corrected chi connectivity index (χ0v) is 11.3. The first-order valence-corrected chi connectivity index (χ1v) is 6.67. The van der Waals surface area contributed by atoms with Crippen molar-refractivity contribution >= 4 is 17.5 Å². The van der Waals surface area contributed by atoms with Gasteiger partial charge in [0.15, 0.2) is 5.78 Å². The molecule has 1 aromatic carbocycles. The molecule has 0 fully saturated rings. The number of carbonyl (C=O) groups is 1. The fourth-order valence-electron chi connectivity index (χ4n) is 1.51. The van der Waals surface area contributed by atoms with E-state index in [0.29, 0.717) is 17.2 Å². The fraction of sp³-hybridized carbons (Fsp3) is 0.429. The van der Waals surface area contributed by atoms with Crippen LogP contribution in [0.5, 0.6) is 0 Å². The zero-order chi connectivity index (χ0) is 12.8. The molecule has 0 aliphatic heterocycles. The Labute approximate surface area is 107 Å². The van der Waals surface area contributed by atoms with E-state index < -0.39 is 5.92 Å². The fourth-order valence-corrected chi connectivity index (χ4v) is 2.34. The quantitative estimate of drug-likeness (QED) is 0.585. The van der Waals surface area contributed by atoms with Gasteiger partial charge in [0.25, 0.3) is 0 Å². The monoisotopic (exact) mass is 247 g/mol. The second kappa shape index (κ2) is 6.46. The summed E-state index contributed by atoms with van der Waals surface area (Å²) in [6.45, 7) is 6.12. The van der Waals surface area contributed by atoms with Crippen molar-refractivity contribution in [3.8, 4) is 6.07 Å². The number of hydrogen-bond donors (Lipinski definition) is 0. The van der Waals surface area contributed by atoms with Crippen LogP contribution in [0.3, 0.4) is 0 Å². The third-order valence-electron chi connectivity index (χ3n) is 2.39. The SMILES string of the molecule is CCC(C#N)C(=O)c1ccc(SC(C)C)cc1. The van der Waals surface area contributed by atoms with Crippen molar-refractivity contribution in [1.29, 1.82) is 5.26 Å². The van der Waals surface area contributed by atoms with Crippen LogP contribution < -0.4 is 0 Å². The van der Waals surface area contributed by atoms with Crippen molar-refractivity contribution in [3.63, 3.8) is 0 Å². The molecule has 1 aromatic rings. The molecule has 17 heavy (non-hydrogen) atoms. The zero-order valence-electron chi connectivity index (χ0n) is 10.4. The highest BCUT2D eigenvalue weighted by Gasteiger charge is 2.17. The topological polar surface area (TPSA) is 40.9 Å². The highest BCUT2D eigenvalue weighted by molar-refractivity contribution is 7.99. The molecule has 0 saturated carbocycles. The van der Waals surface area contributed by atoms with Crippen molar-refractivity contribution in [2.75, 3.05) is 0 Å². The molecule has 0 amide bonds. The minimum atomic E-state index is -0.515. The third kappa shape index (κ3) is 3.90. The van der Waals surface area contributed by atoms with Crippen molar-refractivity contribution in [1.82, 2.24) is 0 Å². The minimum Gasteiger partial charge on any atom is -0.293 e. The summed E-state index contributed by atoms with van der Waals surface area (Å²) in [4.78, 5) is 13.1. The predicted molar refractivity (Wildman–Crippen MR) is 71.2 cm³/mol. The van der Waals surface area contributed by atoms with E-state index in [4.69, 9.17) is 5.26 Å². The van der Waals surface area contributed by atoms with Crippen LogP contribution in [-0.4, -0.2) is 11.0 Å². The van der Waals surface area contributed by atoms with Crippen molar-refractivity contribution in [2.45, 2.75) is 37.3 Å². The lowest BCUT2D eigenvalue weighted by atomic mass is 9.97. The van der Waals surface area contributed by atoms with E-state index in [9.17, 15) is 4.79 Å². The number of carbonyl (C=O) groups excluding carboxylic acids is 1. The maximum atomic E-state index is 11.9. The van der Waals surface area contributed by atoms with Gasteiger partial charge in [-0.3, -0.25) is 4.79 Å². The number of Topliss-reactive ketones (excluding diaryl/α,β-unsaturated/α-hetero) is 1. The summed E-state index contributed by atoms with van der Waals surface area (Å²) in [5, 5.41) is 9.38. The van der Waals surface area contributed by atoms with Crippen LogP contribution in [0.1, 0.15) is 37.6 Å². The Kier molecular flexibility index (Phi) is 5.24. The molecule has 0 heterocycles. The average Bonchev–Trinajstić information content (AvgIpc) is 2.30. The average molecular weight is 247 g/mol. The first-order chi connectivity index (χ1) is 8.08. The summed E-state index contributed by atoms with van der Waals surface area (Å²) in [6.07, 6.45) is 0.567. The first kappa shape index (κ1) is 13.8. The summed E-state index contributed by atoms with van der Waals surface area (Å²) in [6, 6.07) is 9.56. The number of nitrogens with zero attached hydrogens (tertiary/aromatic N) is 1. The van der Waals surface area contributed by atoms with Crippen molar-refractivity contribution in [3.05, 3.63) is 29.8 Å². The van der Waals surface area contributed by atoms with Gasteiger partial charge in [-0.2, -0.15) is 5.26 Å². The van der Waals surface area contributed by atoms with Gasteiger partial charge in [0.1, 0.15) is 5.92 Å². The largest absolute Gasteiger partial charge is 0.293 e. The molecule has 0 aromatic heterocycles. The van der Waals surface area contributed by atoms with Gasteiger partial charge in [0.05, 0.1) is 6.07 Å². The summed E-state index contributed by atoms with van der Waals surface area (Å²) in [5.41, 5.74) is 0.631. The smallest absolute Gasteiger partial charge is 0.179 e. The van der Waals surface area contributed by atoms with E-state index >= 15 is 0 Å². The van der Waals surface area contributed by atoms with Gasteiger partial charge in [0, 0.05) is 15.7 Å². The second-order valence-electron chi connectivity index (χ2n) is 4.15. The van der Waals surface area contributed by atoms with E-state index in [1.54, 1.807) is 11.8 Å². The van der Waals surface area contributed by atoms with E-state index in [1.165, 1.54) is 0 Å². The van der Waals surface area contributed by atoms with Crippen LogP contribution >= 0.6 is 11.8 Å². The normalized spacial score (nSPS) is 12.2. The van der Waals surface area contributed by atoms with Gasteiger partial charge in [-0.25, -0.2) is 0 Å². The molecule has 2 nitrogen and oxygen atoms in total. The summed E-state index contributed by atoms with van der Waals surface area (Å²) < 4.78 is 0. The standard InChI is InChI=1S/C14H17NOS/c1-4-11(9-15)14(16)12-5-7-13(8-6-12)17-10(2)3/h5-8,10-11H,4H2,1-3H3.